The molecule has 102 valence electrons. The van der Waals surface area contributed by atoms with Crippen molar-refractivity contribution < 1.29 is 9.47 Å². The van der Waals surface area contributed by atoms with Crippen molar-refractivity contribution in [3.63, 3.8) is 0 Å². The Balaban J connectivity index is 2.51. The molecule has 2 N–H and O–H groups in total. The molecule has 0 heterocycles. The average molecular weight is 251 g/mol. The third-order valence-electron chi connectivity index (χ3n) is 3.01. The summed E-state index contributed by atoms with van der Waals surface area (Å²) in [5, 5.41) is 0. The minimum Gasteiger partial charge on any atom is -0.496 e. The van der Waals surface area contributed by atoms with E-state index in [4.69, 9.17) is 15.2 Å². The summed E-state index contributed by atoms with van der Waals surface area (Å²) in [7, 11) is 1.71. The minimum absolute atomic E-state index is 0.287. The van der Waals surface area contributed by atoms with E-state index in [1.807, 2.05) is 18.2 Å². The van der Waals surface area contributed by atoms with Crippen LogP contribution in [0, 0.1) is 5.92 Å². The van der Waals surface area contributed by atoms with Crippen LogP contribution in [-0.4, -0.2) is 26.4 Å². The lowest BCUT2D eigenvalue weighted by Gasteiger charge is -2.17. The topological polar surface area (TPSA) is 44.5 Å². The Bertz CT molecular complexity index is 339. The lowest BCUT2D eigenvalue weighted by molar-refractivity contribution is 0.0689. The Morgan fingerprint density at radius 1 is 1.22 bits per heavy atom. The van der Waals surface area contributed by atoms with E-state index in [0.717, 1.165) is 25.2 Å². The number of benzene rings is 1. The Morgan fingerprint density at radius 3 is 2.56 bits per heavy atom. The Kier molecular flexibility index (Phi) is 6.76. The largest absolute Gasteiger partial charge is 0.496 e. The van der Waals surface area contributed by atoms with Gasteiger partial charge in [0.25, 0.3) is 0 Å². The third-order valence-corrected chi connectivity index (χ3v) is 3.01. The second-order valence-electron chi connectivity index (χ2n) is 4.83. The summed E-state index contributed by atoms with van der Waals surface area (Å²) in [5.74, 6) is 1.39. The molecule has 1 aromatic rings. The Labute approximate surface area is 110 Å². The highest BCUT2D eigenvalue weighted by molar-refractivity contribution is 5.33. The molecule has 0 radical (unpaired) electrons. The van der Waals surface area contributed by atoms with Crippen LogP contribution in [0.4, 0.5) is 0 Å². The highest BCUT2D eigenvalue weighted by Crippen LogP contribution is 2.22. The van der Waals surface area contributed by atoms with Crippen LogP contribution in [0.5, 0.6) is 5.75 Å². The van der Waals surface area contributed by atoms with Crippen LogP contribution in [0.15, 0.2) is 24.3 Å². The number of hydrogen-bond donors (Lipinski definition) is 1. The molecular formula is C15H25NO2. The first-order valence-electron chi connectivity index (χ1n) is 6.61. The molecule has 0 bridgehead atoms. The summed E-state index contributed by atoms with van der Waals surface area (Å²) in [6.07, 6.45) is 2.23. The van der Waals surface area contributed by atoms with Gasteiger partial charge in [0.2, 0.25) is 0 Å². The fourth-order valence-corrected chi connectivity index (χ4v) is 1.96. The van der Waals surface area contributed by atoms with E-state index < -0.39 is 0 Å². The summed E-state index contributed by atoms with van der Waals surface area (Å²) in [6.45, 7) is 5.56. The first-order valence-corrected chi connectivity index (χ1v) is 6.61. The summed E-state index contributed by atoms with van der Waals surface area (Å²) in [6, 6.07) is 8.12. The van der Waals surface area contributed by atoms with E-state index in [0.29, 0.717) is 12.5 Å². The van der Waals surface area contributed by atoms with Gasteiger partial charge in [0.1, 0.15) is 5.75 Å². The number of hydrogen-bond acceptors (Lipinski definition) is 3. The maximum Gasteiger partial charge on any atom is 0.122 e. The molecule has 0 aliphatic heterocycles. The van der Waals surface area contributed by atoms with Gasteiger partial charge < -0.3 is 15.2 Å². The van der Waals surface area contributed by atoms with Gasteiger partial charge in [0.15, 0.2) is 0 Å². The predicted octanol–water partition coefficient (Wildman–Crippen LogP) is 2.63. The van der Waals surface area contributed by atoms with Crippen LogP contribution in [0.3, 0.4) is 0 Å². The summed E-state index contributed by atoms with van der Waals surface area (Å²) >= 11 is 0. The standard InChI is InChI=1S/C15H25NO2/c1-12(2)18-9-8-13(11-16)10-14-6-4-5-7-15(14)17-3/h4-7,12-13H,8-11,16H2,1-3H3. The van der Waals surface area contributed by atoms with Crippen LogP contribution < -0.4 is 10.5 Å². The molecular weight excluding hydrogens is 226 g/mol. The van der Waals surface area contributed by atoms with Gasteiger partial charge in [-0.2, -0.15) is 0 Å². The van der Waals surface area contributed by atoms with Crippen LogP contribution >= 0.6 is 0 Å². The molecule has 1 atom stereocenters. The van der Waals surface area contributed by atoms with Crippen molar-refractivity contribution >= 4 is 0 Å². The molecule has 3 heteroatoms. The average Bonchev–Trinajstić information content (AvgIpc) is 2.37. The second kappa shape index (κ2) is 8.11. The highest BCUT2D eigenvalue weighted by Gasteiger charge is 2.11. The summed E-state index contributed by atoms with van der Waals surface area (Å²) in [5.41, 5.74) is 7.05. The number of para-hydroxylation sites is 1. The van der Waals surface area contributed by atoms with Gasteiger partial charge in [0, 0.05) is 6.61 Å². The maximum absolute atomic E-state index is 5.83. The van der Waals surface area contributed by atoms with Crippen LogP contribution in [0.1, 0.15) is 25.8 Å². The molecule has 1 unspecified atom stereocenters. The molecule has 0 amide bonds. The van der Waals surface area contributed by atoms with E-state index in [2.05, 4.69) is 19.9 Å². The lowest BCUT2D eigenvalue weighted by Crippen LogP contribution is -2.20. The van der Waals surface area contributed by atoms with E-state index in [1.165, 1.54) is 5.56 Å². The second-order valence-corrected chi connectivity index (χ2v) is 4.83. The molecule has 1 rings (SSSR count). The molecule has 3 nitrogen and oxygen atoms in total. The van der Waals surface area contributed by atoms with Gasteiger partial charge in [-0.05, 0) is 50.8 Å². The quantitative estimate of drug-likeness (QED) is 0.772. The normalized spacial score (nSPS) is 12.7. The molecule has 18 heavy (non-hydrogen) atoms. The van der Waals surface area contributed by atoms with Gasteiger partial charge >= 0.3 is 0 Å². The van der Waals surface area contributed by atoms with Crippen molar-refractivity contribution in [1.29, 1.82) is 0 Å². The van der Waals surface area contributed by atoms with Crippen molar-refractivity contribution in [3.05, 3.63) is 29.8 Å². The van der Waals surface area contributed by atoms with Crippen LogP contribution in [0.2, 0.25) is 0 Å². The number of ether oxygens (including phenoxy) is 2. The molecule has 0 spiro atoms. The van der Waals surface area contributed by atoms with Gasteiger partial charge in [-0.25, -0.2) is 0 Å². The lowest BCUT2D eigenvalue weighted by atomic mass is 9.96. The van der Waals surface area contributed by atoms with Gasteiger partial charge in [-0.3, -0.25) is 0 Å². The smallest absolute Gasteiger partial charge is 0.122 e. The number of nitrogens with two attached hydrogens (primary N) is 1. The van der Waals surface area contributed by atoms with Crippen molar-refractivity contribution in [2.45, 2.75) is 32.8 Å². The molecule has 0 fully saturated rings. The molecule has 0 aliphatic rings. The zero-order valence-electron chi connectivity index (χ0n) is 11.7. The Hall–Kier alpha value is -1.06. The van der Waals surface area contributed by atoms with Crippen LogP contribution in [0.25, 0.3) is 0 Å². The molecule has 1 aromatic carbocycles. The van der Waals surface area contributed by atoms with Crippen molar-refractivity contribution in [2.75, 3.05) is 20.3 Å². The first kappa shape index (κ1) is 15.0. The van der Waals surface area contributed by atoms with E-state index in [1.54, 1.807) is 7.11 Å². The summed E-state index contributed by atoms with van der Waals surface area (Å²) in [4.78, 5) is 0. The fraction of sp³-hybridized carbons (Fsp3) is 0.600. The minimum atomic E-state index is 0.287. The van der Waals surface area contributed by atoms with Crippen molar-refractivity contribution in [2.24, 2.45) is 11.7 Å². The highest BCUT2D eigenvalue weighted by atomic mass is 16.5. The van der Waals surface area contributed by atoms with E-state index in [-0.39, 0.29) is 6.10 Å². The Morgan fingerprint density at radius 2 is 1.94 bits per heavy atom. The third kappa shape index (κ3) is 5.07. The van der Waals surface area contributed by atoms with Gasteiger partial charge in [-0.1, -0.05) is 18.2 Å². The van der Waals surface area contributed by atoms with E-state index >= 15 is 0 Å². The number of rotatable bonds is 8. The van der Waals surface area contributed by atoms with Crippen molar-refractivity contribution in [1.82, 2.24) is 0 Å². The molecule has 0 aromatic heterocycles. The zero-order chi connectivity index (χ0) is 13.4. The molecule has 0 aliphatic carbocycles. The SMILES string of the molecule is COc1ccccc1CC(CN)CCOC(C)C. The number of methoxy groups -OCH3 is 1. The monoisotopic (exact) mass is 251 g/mol. The van der Waals surface area contributed by atoms with Crippen molar-refractivity contribution in [3.8, 4) is 5.75 Å². The first-order chi connectivity index (χ1) is 8.67. The molecule has 0 saturated carbocycles. The molecule has 0 saturated heterocycles. The fourth-order valence-electron chi connectivity index (χ4n) is 1.96. The predicted molar refractivity (Wildman–Crippen MR) is 74.9 cm³/mol. The van der Waals surface area contributed by atoms with Gasteiger partial charge in [-0.15, -0.1) is 0 Å². The van der Waals surface area contributed by atoms with E-state index in [9.17, 15) is 0 Å². The van der Waals surface area contributed by atoms with Crippen LogP contribution in [-0.2, 0) is 11.2 Å². The maximum atomic E-state index is 5.83. The summed E-state index contributed by atoms with van der Waals surface area (Å²) < 4.78 is 10.9. The van der Waals surface area contributed by atoms with Gasteiger partial charge in [0.05, 0.1) is 13.2 Å². The zero-order valence-corrected chi connectivity index (χ0v) is 11.7.